The van der Waals surface area contributed by atoms with Gasteiger partial charge in [-0.05, 0) is 11.6 Å². The third-order valence-electron chi connectivity index (χ3n) is 2.32. The molecule has 3 nitrogen and oxygen atoms in total. The van der Waals surface area contributed by atoms with Gasteiger partial charge in [-0.25, -0.2) is 0 Å². The smallest absolute Gasteiger partial charge is 0.183 e. The summed E-state index contributed by atoms with van der Waals surface area (Å²) in [6.45, 7) is 0.827. The molecule has 0 amide bonds. The van der Waals surface area contributed by atoms with Gasteiger partial charge in [0.05, 0.1) is 6.61 Å². The lowest BCUT2D eigenvalue weighted by Crippen LogP contribution is -2.03. The van der Waals surface area contributed by atoms with Crippen molar-refractivity contribution in [2.24, 2.45) is 0 Å². The third-order valence-corrected chi connectivity index (χ3v) is 2.32. The number of ether oxygens (including phenoxy) is 3. The van der Waals surface area contributed by atoms with E-state index in [1.165, 1.54) is 5.56 Å². The summed E-state index contributed by atoms with van der Waals surface area (Å²) >= 11 is 0. The van der Waals surface area contributed by atoms with Gasteiger partial charge in [-0.2, -0.15) is 0 Å². The van der Waals surface area contributed by atoms with E-state index in [1.54, 1.807) is 14.2 Å². The van der Waals surface area contributed by atoms with E-state index in [4.69, 9.17) is 14.2 Å². The van der Waals surface area contributed by atoms with Gasteiger partial charge >= 0.3 is 0 Å². The Kier molecular flexibility index (Phi) is 2.82. The van der Waals surface area contributed by atoms with Crippen LogP contribution in [0, 0.1) is 0 Å². The lowest BCUT2D eigenvalue weighted by atomic mass is 10.1. The monoisotopic (exact) mass is 194 g/mol. The van der Waals surface area contributed by atoms with Crippen molar-refractivity contribution in [2.75, 3.05) is 20.8 Å². The fraction of sp³-hybridized carbons (Fsp3) is 0.455. The molecule has 1 heterocycles. The Hall–Kier alpha value is -0.900. The first kappa shape index (κ1) is 9.65. The fourth-order valence-corrected chi connectivity index (χ4v) is 1.51. The van der Waals surface area contributed by atoms with Gasteiger partial charge in [0.25, 0.3) is 0 Å². The van der Waals surface area contributed by atoms with Crippen LogP contribution in [0.5, 0.6) is 0 Å². The highest BCUT2D eigenvalue weighted by molar-refractivity contribution is 5.27. The Morgan fingerprint density at radius 2 is 2.07 bits per heavy atom. The number of rotatable bonds is 4. The second kappa shape index (κ2) is 4.09. The Morgan fingerprint density at radius 1 is 1.36 bits per heavy atom. The first-order valence-corrected chi connectivity index (χ1v) is 4.62. The highest BCUT2D eigenvalue weighted by atomic mass is 16.7. The predicted octanol–water partition coefficient (Wildman–Crippen LogP) is 2.05. The average molecular weight is 194 g/mol. The lowest BCUT2D eigenvalue weighted by Gasteiger charge is -2.14. The van der Waals surface area contributed by atoms with E-state index in [0.717, 1.165) is 12.2 Å². The van der Waals surface area contributed by atoms with E-state index in [9.17, 15) is 0 Å². The van der Waals surface area contributed by atoms with E-state index in [-0.39, 0.29) is 12.4 Å². The molecule has 0 bridgehead atoms. The van der Waals surface area contributed by atoms with Crippen LogP contribution in [-0.4, -0.2) is 20.8 Å². The minimum Gasteiger partial charge on any atom is -0.368 e. The van der Waals surface area contributed by atoms with Crippen LogP contribution in [0.15, 0.2) is 24.3 Å². The van der Waals surface area contributed by atoms with Crippen molar-refractivity contribution >= 4 is 0 Å². The van der Waals surface area contributed by atoms with E-state index < -0.39 is 0 Å². The molecule has 2 rings (SSSR count). The molecule has 3 heteroatoms. The quantitative estimate of drug-likeness (QED) is 0.543. The largest absolute Gasteiger partial charge is 0.368 e. The molecule has 0 spiro atoms. The molecule has 0 aromatic heterocycles. The van der Waals surface area contributed by atoms with Crippen molar-refractivity contribution < 1.29 is 14.2 Å². The number of epoxide rings is 1. The molecule has 1 saturated heterocycles. The van der Waals surface area contributed by atoms with Crippen LogP contribution in [0.2, 0.25) is 0 Å². The first-order chi connectivity index (χ1) is 6.85. The molecule has 1 aliphatic rings. The summed E-state index contributed by atoms with van der Waals surface area (Å²) < 4.78 is 15.6. The Bertz CT molecular complexity index is 303. The molecule has 14 heavy (non-hydrogen) atoms. The predicted molar refractivity (Wildman–Crippen MR) is 51.9 cm³/mol. The summed E-state index contributed by atoms with van der Waals surface area (Å²) in [7, 11) is 3.27. The SMILES string of the molecule is COC(OC)c1cccc(C2CO2)c1. The Labute approximate surface area is 83.6 Å². The molecule has 0 radical (unpaired) electrons. The minimum absolute atomic E-state index is 0.282. The zero-order chi connectivity index (χ0) is 9.97. The highest BCUT2D eigenvalue weighted by Gasteiger charge is 2.25. The maximum absolute atomic E-state index is 5.21. The normalized spacial score (nSPS) is 20.1. The van der Waals surface area contributed by atoms with Gasteiger partial charge in [-0.3, -0.25) is 0 Å². The summed E-state index contributed by atoms with van der Waals surface area (Å²) in [4.78, 5) is 0. The van der Waals surface area contributed by atoms with Gasteiger partial charge in [0.2, 0.25) is 0 Å². The summed E-state index contributed by atoms with van der Waals surface area (Å²) in [6.07, 6.45) is -0.00184. The van der Waals surface area contributed by atoms with Crippen LogP contribution in [0.25, 0.3) is 0 Å². The van der Waals surface area contributed by atoms with Crippen molar-refractivity contribution in [1.82, 2.24) is 0 Å². The van der Waals surface area contributed by atoms with E-state index in [0.29, 0.717) is 0 Å². The summed E-state index contributed by atoms with van der Waals surface area (Å²) in [5.41, 5.74) is 2.23. The zero-order valence-corrected chi connectivity index (χ0v) is 8.40. The Morgan fingerprint density at radius 3 is 2.64 bits per heavy atom. The Balaban J connectivity index is 2.19. The number of hydrogen-bond donors (Lipinski definition) is 0. The minimum atomic E-state index is -0.284. The second-order valence-electron chi connectivity index (χ2n) is 3.30. The van der Waals surface area contributed by atoms with Crippen LogP contribution < -0.4 is 0 Å². The molecule has 1 aliphatic heterocycles. The topological polar surface area (TPSA) is 31.0 Å². The first-order valence-electron chi connectivity index (χ1n) is 4.62. The molecule has 1 unspecified atom stereocenters. The van der Waals surface area contributed by atoms with Crippen LogP contribution >= 0.6 is 0 Å². The van der Waals surface area contributed by atoms with Gasteiger partial charge < -0.3 is 14.2 Å². The molecular weight excluding hydrogens is 180 g/mol. The molecule has 0 saturated carbocycles. The van der Waals surface area contributed by atoms with Gasteiger partial charge in [-0.1, -0.05) is 18.2 Å². The van der Waals surface area contributed by atoms with Gasteiger partial charge in [0.15, 0.2) is 6.29 Å². The van der Waals surface area contributed by atoms with Gasteiger partial charge in [-0.15, -0.1) is 0 Å². The molecule has 0 aliphatic carbocycles. The third kappa shape index (κ3) is 1.95. The van der Waals surface area contributed by atoms with Gasteiger partial charge in [0.1, 0.15) is 6.10 Å². The van der Waals surface area contributed by atoms with Crippen molar-refractivity contribution in [3.05, 3.63) is 35.4 Å². The summed E-state index contributed by atoms with van der Waals surface area (Å²) in [5.74, 6) is 0. The zero-order valence-electron chi connectivity index (χ0n) is 8.40. The van der Waals surface area contributed by atoms with Crippen LogP contribution in [0.1, 0.15) is 23.5 Å². The summed E-state index contributed by atoms with van der Waals surface area (Å²) in [5, 5.41) is 0. The number of hydrogen-bond acceptors (Lipinski definition) is 3. The van der Waals surface area contributed by atoms with E-state index in [1.807, 2.05) is 12.1 Å². The average Bonchev–Trinajstić information content (AvgIpc) is 3.03. The molecule has 1 aromatic carbocycles. The molecule has 1 atom stereocenters. The van der Waals surface area contributed by atoms with Crippen molar-refractivity contribution in [3.8, 4) is 0 Å². The van der Waals surface area contributed by atoms with E-state index in [2.05, 4.69) is 12.1 Å². The van der Waals surface area contributed by atoms with Crippen LogP contribution in [-0.2, 0) is 14.2 Å². The number of methoxy groups -OCH3 is 2. The van der Waals surface area contributed by atoms with Gasteiger partial charge in [0, 0.05) is 19.8 Å². The highest BCUT2D eigenvalue weighted by Crippen LogP contribution is 2.31. The fourth-order valence-electron chi connectivity index (χ4n) is 1.51. The maximum atomic E-state index is 5.21. The van der Waals surface area contributed by atoms with Crippen LogP contribution in [0.4, 0.5) is 0 Å². The standard InChI is InChI=1S/C11H14O3/c1-12-11(13-2)9-5-3-4-8(6-9)10-7-14-10/h3-6,10-11H,7H2,1-2H3. The maximum Gasteiger partial charge on any atom is 0.183 e. The number of benzene rings is 1. The molecular formula is C11H14O3. The molecule has 1 aromatic rings. The molecule has 1 fully saturated rings. The van der Waals surface area contributed by atoms with Crippen LogP contribution in [0.3, 0.4) is 0 Å². The second-order valence-corrected chi connectivity index (χ2v) is 3.30. The van der Waals surface area contributed by atoms with E-state index >= 15 is 0 Å². The van der Waals surface area contributed by atoms with Crippen molar-refractivity contribution in [3.63, 3.8) is 0 Å². The van der Waals surface area contributed by atoms with Crippen molar-refractivity contribution in [2.45, 2.75) is 12.4 Å². The molecule has 76 valence electrons. The lowest BCUT2D eigenvalue weighted by molar-refractivity contribution is -0.106. The molecule has 0 N–H and O–H groups in total. The summed E-state index contributed by atoms with van der Waals surface area (Å²) in [6, 6.07) is 8.11. The van der Waals surface area contributed by atoms with Crippen molar-refractivity contribution in [1.29, 1.82) is 0 Å².